The zero-order valence-electron chi connectivity index (χ0n) is 9.44. The number of oxazole rings is 1. The van der Waals surface area contributed by atoms with Gasteiger partial charge in [0.1, 0.15) is 0 Å². The molecule has 0 saturated heterocycles. The quantitative estimate of drug-likeness (QED) is 0.830. The number of hydrogen-bond acceptors (Lipinski definition) is 4. The Morgan fingerprint density at radius 3 is 2.94 bits per heavy atom. The van der Waals surface area contributed by atoms with E-state index in [1.54, 1.807) is 12.3 Å². The third kappa shape index (κ3) is 3.16. The third-order valence-corrected chi connectivity index (χ3v) is 3.07. The summed E-state index contributed by atoms with van der Waals surface area (Å²) >= 11 is 11.6. The Labute approximate surface area is 115 Å². The summed E-state index contributed by atoms with van der Waals surface area (Å²) in [5, 5.41) is 13.0. The molecule has 0 spiro atoms. The number of nitrogens with zero attached hydrogens (tertiary/aromatic N) is 1. The summed E-state index contributed by atoms with van der Waals surface area (Å²) in [4.78, 5) is 3.85. The molecule has 0 aliphatic heterocycles. The van der Waals surface area contributed by atoms with Crippen molar-refractivity contribution < 1.29 is 9.52 Å². The fraction of sp³-hybridized carbons (Fsp3) is 0.250. The second-order valence-corrected chi connectivity index (χ2v) is 4.47. The molecule has 0 aliphatic carbocycles. The monoisotopic (exact) mass is 286 g/mol. The molecule has 1 heterocycles. The van der Waals surface area contributed by atoms with Crippen molar-refractivity contribution in [2.24, 2.45) is 0 Å². The average Bonchev–Trinajstić information content (AvgIpc) is 2.91. The van der Waals surface area contributed by atoms with E-state index in [4.69, 9.17) is 27.6 Å². The zero-order valence-corrected chi connectivity index (χ0v) is 10.9. The van der Waals surface area contributed by atoms with Crippen LogP contribution in [0.4, 0.5) is 5.69 Å². The lowest BCUT2D eigenvalue weighted by Gasteiger charge is -2.11. The van der Waals surface area contributed by atoms with E-state index in [-0.39, 0.29) is 5.88 Å². The highest BCUT2D eigenvalue weighted by molar-refractivity contribution is 6.33. The van der Waals surface area contributed by atoms with Crippen molar-refractivity contribution in [3.05, 3.63) is 35.8 Å². The first kappa shape index (κ1) is 13.2. The summed E-state index contributed by atoms with van der Waals surface area (Å²) in [6, 6.07) is 5.42. The second-order valence-electron chi connectivity index (χ2n) is 3.75. The number of aromatic nitrogens is 1. The number of aliphatic hydroxyl groups is 1. The van der Waals surface area contributed by atoms with Crippen molar-refractivity contribution in [1.29, 1.82) is 0 Å². The summed E-state index contributed by atoms with van der Waals surface area (Å²) in [5.74, 6) is 0.789. The molecule has 4 nitrogen and oxygen atoms in total. The summed E-state index contributed by atoms with van der Waals surface area (Å²) < 4.78 is 5.21. The maximum Gasteiger partial charge on any atom is 0.181 e. The Bertz CT molecular complexity index is 503. The van der Waals surface area contributed by atoms with Crippen molar-refractivity contribution in [2.45, 2.75) is 6.10 Å². The van der Waals surface area contributed by atoms with Gasteiger partial charge in [0.2, 0.25) is 0 Å². The van der Waals surface area contributed by atoms with E-state index in [1.165, 1.54) is 6.39 Å². The Kier molecular flexibility index (Phi) is 4.47. The van der Waals surface area contributed by atoms with Crippen LogP contribution < -0.4 is 5.32 Å². The van der Waals surface area contributed by atoms with Crippen molar-refractivity contribution in [3.8, 4) is 11.3 Å². The SMILES string of the molecule is OC(CCl)CNc1ccc(Cl)c(-c2cnco2)c1. The number of anilines is 1. The van der Waals surface area contributed by atoms with Gasteiger partial charge in [-0.15, -0.1) is 11.6 Å². The molecule has 1 aromatic heterocycles. The minimum atomic E-state index is -0.587. The summed E-state index contributed by atoms with van der Waals surface area (Å²) in [7, 11) is 0. The van der Waals surface area contributed by atoms with Crippen molar-refractivity contribution >= 4 is 28.9 Å². The first-order valence-corrected chi connectivity index (χ1v) is 6.28. The van der Waals surface area contributed by atoms with Crippen LogP contribution in [0.15, 0.2) is 35.2 Å². The van der Waals surface area contributed by atoms with Gasteiger partial charge in [0.05, 0.1) is 23.2 Å². The zero-order chi connectivity index (χ0) is 13.0. The van der Waals surface area contributed by atoms with Gasteiger partial charge in [0.15, 0.2) is 12.2 Å². The van der Waals surface area contributed by atoms with E-state index in [0.29, 0.717) is 17.3 Å². The maximum absolute atomic E-state index is 9.38. The van der Waals surface area contributed by atoms with Crippen LogP contribution in [0, 0.1) is 0 Å². The number of aliphatic hydroxyl groups excluding tert-OH is 1. The molecule has 0 aliphatic rings. The highest BCUT2D eigenvalue weighted by atomic mass is 35.5. The van der Waals surface area contributed by atoms with Gasteiger partial charge in [-0.3, -0.25) is 0 Å². The Balaban J connectivity index is 2.17. The first-order chi connectivity index (χ1) is 8.70. The summed E-state index contributed by atoms with van der Waals surface area (Å²) in [6.07, 6.45) is 2.36. The molecule has 0 saturated carbocycles. The van der Waals surface area contributed by atoms with E-state index in [0.717, 1.165) is 11.3 Å². The lowest BCUT2D eigenvalue weighted by molar-refractivity contribution is 0.211. The minimum Gasteiger partial charge on any atom is -0.443 e. The van der Waals surface area contributed by atoms with Gasteiger partial charge >= 0.3 is 0 Å². The fourth-order valence-electron chi connectivity index (χ4n) is 1.46. The van der Waals surface area contributed by atoms with E-state index in [2.05, 4.69) is 10.3 Å². The van der Waals surface area contributed by atoms with Crippen LogP contribution in [0.5, 0.6) is 0 Å². The van der Waals surface area contributed by atoms with Crippen molar-refractivity contribution in [2.75, 3.05) is 17.7 Å². The predicted octanol–water partition coefficient (Wildman–Crippen LogP) is 3.01. The summed E-state index contributed by atoms with van der Waals surface area (Å²) in [5.41, 5.74) is 1.58. The molecule has 0 bridgehead atoms. The van der Waals surface area contributed by atoms with Gasteiger partial charge in [0.25, 0.3) is 0 Å². The van der Waals surface area contributed by atoms with Crippen LogP contribution in [-0.2, 0) is 0 Å². The molecule has 2 rings (SSSR count). The van der Waals surface area contributed by atoms with Gasteiger partial charge in [-0.05, 0) is 18.2 Å². The second kappa shape index (κ2) is 6.09. The normalized spacial score (nSPS) is 12.4. The molecule has 1 aromatic carbocycles. The molecule has 96 valence electrons. The average molecular weight is 287 g/mol. The van der Waals surface area contributed by atoms with Crippen LogP contribution in [0.2, 0.25) is 5.02 Å². The standard InChI is InChI=1S/C12H12Cl2N2O2/c13-4-9(17)5-16-8-1-2-11(14)10(3-8)12-6-15-7-18-12/h1-3,6-7,9,16-17H,4-5H2. The van der Waals surface area contributed by atoms with Crippen LogP contribution in [-0.4, -0.2) is 28.6 Å². The maximum atomic E-state index is 9.38. The molecule has 0 amide bonds. The molecule has 2 N–H and O–H groups in total. The predicted molar refractivity (Wildman–Crippen MR) is 72.2 cm³/mol. The molecule has 1 unspecified atom stereocenters. The van der Waals surface area contributed by atoms with E-state index >= 15 is 0 Å². The third-order valence-electron chi connectivity index (χ3n) is 2.38. The number of rotatable bonds is 5. The minimum absolute atomic E-state index is 0.190. The van der Waals surface area contributed by atoms with Crippen LogP contribution in [0.1, 0.15) is 0 Å². The molecule has 6 heteroatoms. The molecular formula is C12H12Cl2N2O2. The molecule has 0 radical (unpaired) electrons. The van der Waals surface area contributed by atoms with E-state index in [1.807, 2.05) is 12.1 Å². The lowest BCUT2D eigenvalue weighted by Crippen LogP contribution is -2.20. The molecule has 1 atom stereocenters. The molecular weight excluding hydrogens is 275 g/mol. The summed E-state index contributed by atoms with van der Waals surface area (Å²) in [6.45, 7) is 0.376. The molecule has 18 heavy (non-hydrogen) atoms. The van der Waals surface area contributed by atoms with Crippen LogP contribution in [0.25, 0.3) is 11.3 Å². The molecule has 2 aromatic rings. The number of halogens is 2. The Morgan fingerprint density at radius 1 is 1.44 bits per heavy atom. The largest absolute Gasteiger partial charge is 0.443 e. The van der Waals surface area contributed by atoms with E-state index < -0.39 is 6.10 Å². The van der Waals surface area contributed by atoms with Crippen LogP contribution in [0.3, 0.4) is 0 Å². The Morgan fingerprint density at radius 2 is 2.28 bits per heavy atom. The number of nitrogens with one attached hydrogen (secondary N) is 1. The molecule has 0 fully saturated rings. The smallest absolute Gasteiger partial charge is 0.181 e. The highest BCUT2D eigenvalue weighted by Crippen LogP contribution is 2.30. The Hall–Kier alpha value is -1.23. The van der Waals surface area contributed by atoms with E-state index in [9.17, 15) is 5.11 Å². The number of hydrogen-bond donors (Lipinski definition) is 2. The van der Waals surface area contributed by atoms with Gasteiger partial charge < -0.3 is 14.8 Å². The number of benzene rings is 1. The first-order valence-electron chi connectivity index (χ1n) is 5.37. The fourth-order valence-corrected chi connectivity index (χ4v) is 1.78. The van der Waals surface area contributed by atoms with Gasteiger partial charge in [-0.25, -0.2) is 4.98 Å². The van der Waals surface area contributed by atoms with Crippen LogP contribution >= 0.6 is 23.2 Å². The van der Waals surface area contributed by atoms with Gasteiger partial charge in [-0.2, -0.15) is 0 Å². The highest BCUT2D eigenvalue weighted by Gasteiger charge is 2.08. The van der Waals surface area contributed by atoms with Crippen molar-refractivity contribution in [3.63, 3.8) is 0 Å². The lowest BCUT2D eigenvalue weighted by atomic mass is 10.1. The number of alkyl halides is 1. The topological polar surface area (TPSA) is 58.3 Å². The van der Waals surface area contributed by atoms with Crippen molar-refractivity contribution in [1.82, 2.24) is 4.98 Å². The van der Waals surface area contributed by atoms with Gasteiger partial charge in [-0.1, -0.05) is 11.6 Å². The van der Waals surface area contributed by atoms with Gasteiger partial charge in [0, 0.05) is 17.8 Å².